The van der Waals surface area contributed by atoms with Crippen LogP contribution in [0.25, 0.3) is 0 Å². The molecule has 3 heteroatoms. The van der Waals surface area contributed by atoms with E-state index in [1.54, 1.807) is 0 Å². The topological polar surface area (TPSA) is 41.5 Å². The van der Waals surface area contributed by atoms with Crippen molar-refractivity contribution in [3.8, 4) is 5.75 Å². The molecule has 0 saturated carbocycles. The summed E-state index contributed by atoms with van der Waals surface area (Å²) in [5, 5.41) is 12.1. The van der Waals surface area contributed by atoms with Crippen LogP contribution in [0.15, 0.2) is 24.3 Å². The molecule has 1 unspecified atom stereocenters. The Bertz CT molecular complexity index is 307. The smallest absolute Gasteiger partial charge is 0.119 e. The first-order chi connectivity index (χ1) is 8.80. The first-order valence-corrected chi connectivity index (χ1v) is 6.80. The third kappa shape index (κ3) is 5.52. The van der Waals surface area contributed by atoms with Gasteiger partial charge in [0.1, 0.15) is 5.75 Å². The van der Waals surface area contributed by atoms with Crippen molar-refractivity contribution < 1.29 is 9.84 Å². The van der Waals surface area contributed by atoms with Gasteiger partial charge in [-0.3, -0.25) is 0 Å². The van der Waals surface area contributed by atoms with Gasteiger partial charge in [-0.2, -0.15) is 0 Å². The second-order valence-corrected chi connectivity index (χ2v) is 4.55. The monoisotopic (exact) mass is 251 g/mol. The number of aryl methyl sites for hydroxylation is 1. The molecule has 0 aliphatic carbocycles. The highest BCUT2D eigenvalue weighted by Gasteiger charge is 2.03. The van der Waals surface area contributed by atoms with Crippen molar-refractivity contribution in [1.29, 1.82) is 0 Å². The number of rotatable bonds is 9. The Morgan fingerprint density at radius 2 is 2.00 bits per heavy atom. The van der Waals surface area contributed by atoms with Crippen LogP contribution < -0.4 is 10.1 Å². The second-order valence-electron chi connectivity index (χ2n) is 4.55. The molecular formula is C15H25NO2. The minimum absolute atomic E-state index is 0.119. The number of aliphatic hydroxyl groups excluding tert-OH is 1. The molecule has 0 aromatic heterocycles. The molecule has 1 aromatic rings. The van der Waals surface area contributed by atoms with Gasteiger partial charge in [0.15, 0.2) is 0 Å². The van der Waals surface area contributed by atoms with E-state index in [4.69, 9.17) is 9.84 Å². The maximum Gasteiger partial charge on any atom is 0.119 e. The SMILES string of the molecule is CCCCc1ccc(OCCC(CO)NC)cc1. The molecule has 0 heterocycles. The number of benzene rings is 1. The van der Waals surface area contributed by atoms with Gasteiger partial charge < -0.3 is 15.2 Å². The van der Waals surface area contributed by atoms with E-state index >= 15 is 0 Å². The lowest BCUT2D eigenvalue weighted by Crippen LogP contribution is -2.30. The predicted molar refractivity (Wildman–Crippen MR) is 75.1 cm³/mol. The molecule has 1 atom stereocenters. The van der Waals surface area contributed by atoms with Crippen LogP contribution in [0.4, 0.5) is 0 Å². The number of hydrogen-bond donors (Lipinski definition) is 2. The molecule has 0 aliphatic rings. The lowest BCUT2D eigenvalue weighted by molar-refractivity contribution is 0.214. The summed E-state index contributed by atoms with van der Waals surface area (Å²) in [6, 6.07) is 8.43. The Hall–Kier alpha value is -1.06. The zero-order valence-corrected chi connectivity index (χ0v) is 11.5. The number of hydrogen-bond acceptors (Lipinski definition) is 3. The molecule has 0 fully saturated rings. The molecule has 0 radical (unpaired) electrons. The first kappa shape index (κ1) is 15.0. The van der Waals surface area contributed by atoms with E-state index in [1.807, 2.05) is 19.2 Å². The van der Waals surface area contributed by atoms with Gasteiger partial charge in [-0.05, 0) is 44.0 Å². The summed E-state index contributed by atoms with van der Waals surface area (Å²) in [7, 11) is 1.85. The number of likely N-dealkylation sites (N-methyl/N-ethyl adjacent to an activating group) is 1. The van der Waals surface area contributed by atoms with Gasteiger partial charge in [0.2, 0.25) is 0 Å². The molecule has 0 saturated heterocycles. The summed E-state index contributed by atoms with van der Waals surface area (Å²) in [4.78, 5) is 0. The molecule has 0 aliphatic heterocycles. The van der Waals surface area contributed by atoms with E-state index in [9.17, 15) is 0 Å². The zero-order chi connectivity index (χ0) is 13.2. The van der Waals surface area contributed by atoms with E-state index < -0.39 is 0 Å². The third-order valence-corrected chi connectivity index (χ3v) is 3.11. The van der Waals surface area contributed by atoms with Crippen LogP contribution in [-0.4, -0.2) is 31.4 Å². The average Bonchev–Trinajstić information content (AvgIpc) is 2.42. The maximum atomic E-state index is 9.02. The molecule has 0 amide bonds. The van der Waals surface area contributed by atoms with Crippen LogP contribution in [-0.2, 0) is 6.42 Å². The van der Waals surface area contributed by atoms with Crippen molar-refractivity contribution in [2.75, 3.05) is 20.3 Å². The van der Waals surface area contributed by atoms with Gasteiger partial charge >= 0.3 is 0 Å². The Balaban J connectivity index is 2.30. The second kappa shape index (κ2) is 8.95. The van der Waals surface area contributed by atoms with Gasteiger partial charge in [0, 0.05) is 6.04 Å². The summed E-state index contributed by atoms with van der Waals surface area (Å²) in [6.07, 6.45) is 4.42. The van der Waals surface area contributed by atoms with Crippen molar-refractivity contribution >= 4 is 0 Å². The maximum absolute atomic E-state index is 9.02. The van der Waals surface area contributed by atoms with Crippen molar-refractivity contribution in [2.45, 2.75) is 38.6 Å². The van der Waals surface area contributed by atoms with Gasteiger partial charge in [-0.25, -0.2) is 0 Å². The van der Waals surface area contributed by atoms with Crippen LogP contribution in [0.2, 0.25) is 0 Å². The number of unbranched alkanes of at least 4 members (excludes halogenated alkanes) is 1. The molecule has 0 spiro atoms. The minimum Gasteiger partial charge on any atom is -0.494 e. The van der Waals surface area contributed by atoms with E-state index in [1.165, 1.54) is 18.4 Å². The largest absolute Gasteiger partial charge is 0.494 e. The molecule has 0 bridgehead atoms. The molecule has 1 rings (SSSR count). The summed E-state index contributed by atoms with van der Waals surface area (Å²) < 4.78 is 5.65. The normalized spacial score (nSPS) is 12.4. The van der Waals surface area contributed by atoms with Crippen LogP contribution in [0.1, 0.15) is 31.7 Å². The van der Waals surface area contributed by atoms with E-state index in [2.05, 4.69) is 24.4 Å². The van der Waals surface area contributed by atoms with Gasteiger partial charge in [0.25, 0.3) is 0 Å². The fourth-order valence-corrected chi connectivity index (χ4v) is 1.78. The van der Waals surface area contributed by atoms with E-state index in [0.29, 0.717) is 6.61 Å². The molecular weight excluding hydrogens is 226 g/mol. The summed E-state index contributed by atoms with van der Waals surface area (Å²) in [5.74, 6) is 0.906. The van der Waals surface area contributed by atoms with Crippen LogP contribution in [0.3, 0.4) is 0 Å². The minimum atomic E-state index is 0.119. The van der Waals surface area contributed by atoms with Crippen molar-refractivity contribution in [3.63, 3.8) is 0 Å². The molecule has 1 aromatic carbocycles. The van der Waals surface area contributed by atoms with Gasteiger partial charge in [-0.15, -0.1) is 0 Å². The van der Waals surface area contributed by atoms with Crippen molar-refractivity contribution in [1.82, 2.24) is 5.32 Å². The molecule has 102 valence electrons. The van der Waals surface area contributed by atoms with E-state index in [-0.39, 0.29) is 12.6 Å². The highest BCUT2D eigenvalue weighted by atomic mass is 16.5. The van der Waals surface area contributed by atoms with Crippen LogP contribution in [0.5, 0.6) is 5.75 Å². The number of ether oxygens (including phenoxy) is 1. The van der Waals surface area contributed by atoms with Crippen LogP contribution >= 0.6 is 0 Å². The van der Waals surface area contributed by atoms with Crippen LogP contribution in [0, 0.1) is 0 Å². The van der Waals surface area contributed by atoms with Crippen molar-refractivity contribution in [3.05, 3.63) is 29.8 Å². The van der Waals surface area contributed by atoms with Gasteiger partial charge in [-0.1, -0.05) is 25.5 Å². The molecule has 3 nitrogen and oxygen atoms in total. The van der Waals surface area contributed by atoms with Crippen molar-refractivity contribution in [2.24, 2.45) is 0 Å². The highest BCUT2D eigenvalue weighted by Crippen LogP contribution is 2.14. The molecule has 2 N–H and O–H groups in total. The highest BCUT2D eigenvalue weighted by molar-refractivity contribution is 5.27. The third-order valence-electron chi connectivity index (χ3n) is 3.11. The summed E-state index contributed by atoms with van der Waals surface area (Å²) >= 11 is 0. The first-order valence-electron chi connectivity index (χ1n) is 6.80. The fraction of sp³-hybridized carbons (Fsp3) is 0.600. The zero-order valence-electron chi connectivity index (χ0n) is 11.5. The fourth-order valence-electron chi connectivity index (χ4n) is 1.78. The standard InChI is InChI=1S/C15H25NO2/c1-3-4-5-13-6-8-15(9-7-13)18-11-10-14(12-17)16-2/h6-9,14,16-17H,3-5,10-12H2,1-2H3. The number of nitrogens with one attached hydrogen (secondary N) is 1. The average molecular weight is 251 g/mol. The summed E-state index contributed by atoms with van der Waals surface area (Å²) in [6.45, 7) is 2.98. The Morgan fingerprint density at radius 3 is 2.56 bits per heavy atom. The Kier molecular flexibility index (Phi) is 7.46. The van der Waals surface area contributed by atoms with Gasteiger partial charge in [0.05, 0.1) is 13.2 Å². The van der Waals surface area contributed by atoms with E-state index in [0.717, 1.165) is 18.6 Å². The quantitative estimate of drug-likeness (QED) is 0.708. The Morgan fingerprint density at radius 1 is 1.28 bits per heavy atom. The lowest BCUT2D eigenvalue weighted by Gasteiger charge is -2.13. The number of aliphatic hydroxyl groups is 1. The summed E-state index contributed by atoms with van der Waals surface area (Å²) in [5.41, 5.74) is 1.37. The Labute approximate surface area is 110 Å². The lowest BCUT2D eigenvalue weighted by atomic mass is 10.1. The molecule has 18 heavy (non-hydrogen) atoms. The predicted octanol–water partition coefficient (Wildman–Crippen LogP) is 2.38.